The van der Waals surface area contributed by atoms with Gasteiger partial charge in [0.05, 0.1) is 0 Å². The summed E-state index contributed by atoms with van der Waals surface area (Å²) >= 11 is -0.743. The second kappa shape index (κ2) is 9.84. The molecule has 0 heterocycles. The van der Waals surface area contributed by atoms with Gasteiger partial charge in [0, 0.05) is 0 Å². The second-order valence-corrected chi connectivity index (χ2v) is 11.2. The van der Waals surface area contributed by atoms with Crippen LogP contribution in [-0.4, -0.2) is 40.1 Å². The predicted molar refractivity (Wildman–Crippen MR) is 107 cm³/mol. The van der Waals surface area contributed by atoms with E-state index in [1.165, 1.54) is 0 Å². The molecule has 152 valence electrons. The number of halogens is 1. The van der Waals surface area contributed by atoms with Crippen molar-refractivity contribution in [2.75, 3.05) is 37.8 Å². The molecule has 0 radical (unpaired) electrons. The maximum absolute atomic E-state index is 12.5. The van der Waals surface area contributed by atoms with Crippen LogP contribution in [0.15, 0.2) is 18.2 Å². The average molecular weight is 487 g/mol. The summed E-state index contributed by atoms with van der Waals surface area (Å²) < 4.78 is 2.18. The van der Waals surface area contributed by atoms with Crippen molar-refractivity contribution in [1.29, 1.82) is 0 Å². The number of nitrogens with one attached hydrogen (secondary N) is 3. The summed E-state index contributed by atoms with van der Waals surface area (Å²) in [5, 5.41) is 9.16. The van der Waals surface area contributed by atoms with Crippen molar-refractivity contribution >= 4 is 21.2 Å². The molecule has 0 aromatic heterocycles. The molecular formula is C20H32IN4O2-. The maximum atomic E-state index is 12.5. The van der Waals surface area contributed by atoms with Crippen LogP contribution in [0.1, 0.15) is 45.6 Å². The van der Waals surface area contributed by atoms with E-state index in [0.29, 0.717) is 0 Å². The van der Waals surface area contributed by atoms with Gasteiger partial charge in [-0.2, -0.15) is 0 Å². The third-order valence-electron chi connectivity index (χ3n) is 4.37. The molecule has 1 aliphatic carbocycles. The van der Waals surface area contributed by atoms with Crippen molar-refractivity contribution in [3.05, 3.63) is 23.8 Å². The van der Waals surface area contributed by atoms with E-state index in [1.807, 2.05) is 32.3 Å². The van der Waals surface area contributed by atoms with Crippen molar-refractivity contribution < 1.29 is 31.1 Å². The summed E-state index contributed by atoms with van der Waals surface area (Å²) in [6.07, 6.45) is 2.97. The third kappa shape index (κ3) is 7.75. The van der Waals surface area contributed by atoms with E-state index in [0.717, 1.165) is 49.3 Å². The molecule has 3 N–H and O–H groups in total. The van der Waals surface area contributed by atoms with Crippen LogP contribution in [0, 0.1) is 5.92 Å². The van der Waals surface area contributed by atoms with Crippen LogP contribution in [-0.2, 0) is 10.2 Å². The molecule has 0 atom stereocenters. The molecule has 2 rings (SSSR count). The van der Waals surface area contributed by atoms with E-state index in [1.54, 1.807) is 0 Å². The average Bonchev–Trinajstić information content (AvgIpc) is 3.38. The van der Waals surface area contributed by atoms with Crippen molar-refractivity contribution in [1.82, 2.24) is 8.43 Å². The van der Waals surface area contributed by atoms with E-state index in [-0.39, 0.29) is 21.2 Å². The van der Waals surface area contributed by atoms with Gasteiger partial charge >= 0.3 is 174 Å². The third-order valence-corrected chi connectivity index (χ3v) is 6.39. The molecule has 1 aromatic carbocycles. The summed E-state index contributed by atoms with van der Waals surface area (Å²) in [4.78, 5) is 24.6. The van der Waals surface area contributed by atoms with Gasteiger partial charge in [0.25, 0.3) is 0 Å². The molecule has 1 fully saturated rings. The van der Waals surface area contributed by atoms with Crippen LogP contribution >= 0.6 is 0 Å². The minimum absolute atomic E-state index is 0.0614. The Balaban J connectivity index is 2.05. The number of anilines is 2. The standard InChI is InChI=1S/C20H32IN4O2/c1-20(2,3)15-11-16(23-18(26)14-7-8-14)13-17(12-15)24-19(27)21-25(5)10-6-9-22-4/h11-14,22H,6-10H2,1-5H3,(H,23,26)(H,24,27)/q-1. The fraction of sp³-hybridized carbons (Fsp3) is 0.600. The SMILES string of the molecule is CNCCCN(C)[I-]C(=O)Nc1cc(NC(=O)C2CC2)cc(C(C)(C)C)c1. The first-order valence-corrected chi connectivity index (χ1v) is 11.5. The molecule has 2 amide bonds. The predicted octanol–water partition coefficient (Wildman–Crippen LogP) is 0.410. The first-order valence-electron chi connectivity index (χ1n) is 9.47. The number of benzene rings is 1. The zero-order chi connectivity index (χ0) is 20.0. The van der Waals surface area contributed by atoms with Crippen molar-refractivity contribution in [2.24, 2.45) is 5.92 Å². The topological polar surface area (TPSA) is 73.5 Å². The fourth-order valence-corrected chi connectivity index (χ4v) is 4.34. The number of hydrogen-bond acceptors (Lipinski definition) is 4. The summed E-state index contributed by atoms with van der Waals surface area (Å²) in [5.41, 5.74) is 2.53. The molecular weight excluding hydrogens is 455 g/mol. The molecule has 1 saturated carbocycles. The van der Waals surface area contributed by atoms with Gasteiger partial charge in [-0.3, -0.25) is 0 Å². The van der Waals surface area contributed by atoms with Gasteiger partial charge in [-0.25, -0.2) is 0 Å². The number of amides is 2. The Labute approximate surface area is 173 Å². The quantitative estimate of drug-likeness (QED) is 0.155. The molecule has 0 aliphatic heterocycles. The number of carbonyl (C=O) groups is 2. The van der Waals surface area contributed by atoms with Crippen LogP contribution in [0.5, 0.6) is 0 Å². The van der Waals surface area contributed by atoms with Crippen LogP contribution in [0.25, 0.3) is 0 Å². The van der Waals surface area contributed by atoms with Crippen molar-refractivity contribution in [2.45, 2.75) is 45.4 Å². The van der Waals surface area contributed by atoms with Crippen molar-refractivity contribution in [3.63, 3.8) is 0 Å². The molecule has 1 aliphatic rings. The molecule has 27 heavy (non-hydrogen) atoms. The summed E-state index contributed by atoms with van der Waals surface area (Å²) in [7, 11) is 3.93. The van der Waals surface area contributed by atoms with E-state index in [4.69, 9.17) is 0 Å². The Kier molecular flexibility index (Phi) is 8.05. The zero-order valence-corrected chi connectivity index (χ0v) is 19.1. The Bertz CT molecular complexity index is 668. The van der Waals surface area contributed by atoms with Crippen LogP contribution in [0.4, 0.5) is 16.2 Å². The Morgan fingerprint density at radius 1 is 1.15 bits per heavy atom. The monoisotopic (exact) mass is 487 g/mol. The summed E-state index contributed by atoms with van der Waals surface area (Å²) in [5.74, 6) is 0.230. The molecule has 0 bridgehead atoms. The zero-order valence-electron chi connectivity index (χ0n) is 17.0. The molecule has 0 saturated heterocycles. The number of carbonyl (C=O) groups excluding carboxylic acids is 2. The Morgan fingerprint density at radius 2 is 1.78 bits per heavy atom. The first kappa shape index (κ1) is 22.1. The van der Waals surface area contributed by atoms with E-state index >= 15 is 0 Å². The van der Waals surface area contributed by atoms with Gasteiger partial charge in [-0.1, -0.05) is 0 Å². The molecule has 0 spiro atoms. The summed E-state index contributed by atoms with van der Waals surface area (Å²) in [6, 6.07) is 5.88. The summed E-state index contributed by atoms with van der Waals surface area (Å²) in [6.45, 7) is 8.24. The Hall–Kier alpha value is -1.19. The first-order chi connectivity index (χ1) is 12.7. The van der Waals surface area contributed by atoms with Crippen LogP contribution in [0.2, 0.25) is 0 Å². The van der Waals surface area contributed by atoms with Gasteiger partial charge < -0.3 is 0 Å². The normalized spacial score (nSPS) is 14.4. The van der Waals surface area contributed by atoms with Gasteiger partial charge in [0.15, 0.2) is 0 Å². The molecule has 1 aromatic rings. The van der Waals surface area contributed by atoms with Crippen molar-refractivity contribution in [3.8, 4) is 0 Å². The van der Waals surface area contributed by atoms with Gasteiger partial charge in [-0.15, -0.1) is 0 Å². The number of rotatable bonds is 9. The molecule has 7 heteroatoms. The molecule has 6 nitrogen and oxygen atoms in total. The minimum atomic E-state index is -0.743. The number of nitrogens with zero attached hydrogens (tertiary/aromatic N) is 1. The van der Waals surface area contributed by atoms with E-state index in [2.05, 4.69) is 39.8 Å². The van der Waals surface area contributed by atoms with E-state index < -0.39 is 21.5 Å². The van der Waals surface area contributed by atoms with Gasteiger partial charge in [-0.05, 0) is 0 Å². The van der Waals surface area contributed by atoms with Crippen LogP contribution < -0.4 is 37.4 Å². The van der Waals surface area contributed by atoms with Crippen LogP contribution in [0.3, 0.4) is 0 Å². The van der Waals surface area contributed by atoms with E-state index in [9.17, 15) is 9.59 Å². The molecule has 0 unspecified atom stereocenters. The fourth-order valence-electron chi connectivity index (χ4n) is 2.58. The second-order valence-electron chi connectivity index (χ2n) is 8.08. The number of hydrogen-bond donors (Lipinski definition) is 3. The van der Waals surface area contributed by atoms with Gasteiger partial charge in [0.1, 0.15) is 0 Å². The van der Waals surface area contributed by atoms with Gasteiger partial charge in [0.2, 0.25) is 0 Å². The Morgan fingerprint density at radius 3 is 2.33 bits per heavy atom.